The predicted octanol–water partition coefficient (Wildman–Crippen LogP) is 1.25. The number of carbonyl (C=O) groups excluding carboxylic acids is 1. The lowest BCUT2D eigenvalue weighted by Gasteiger charge is -2.28. The van der Waals surface area contributed by atoms with E-state index in [-0.39, 0.29) is 35.8 Å². The van der Waals surface area contributed by atoms with Crippen LogP contribution in [0.5, 0.6) is 0 Å². The predicted molar refractivity (Wildman–Crippen MR) is 58.4 cm³/mol. The van der Waals surface area contributed by atoms with Crippen LogP contribution in [0, 0.1) is 0 Å². The summed E-state index contributed by atoms with van der Waals surface area (Å²) in [5.41, 5.74) is -0.281. The maximum atomic E-state index is 12.3. The van der Waals surface area contributed by atoms with Gasteiger partial charge in [-0.3, -0.25) is 4.79 Å². The van der Waals surface area contributed by atoms with Crippen LogP contribution >= 0.6 is 15.9 Å². The highest BCUT2D eigenvalue weighted by atomic mass is 79.9. The van der Waals surface area contributed by atoms with E-state index < -0.39 is 18.1 Å². The molecule has 0 aliphatic carbocycles. The van der Waals surface area contributed by atoms with Crippen LogP contribution < -0.4 is 0 Å². The Hall–Kier alpha value is -1.58. The molecule has 19 heavy (non-hydrogen) atoms. The number of alkyl halides is 3. The average molecular weight is 342 g/mol. The summed E-state index contributed by atoms with van der Waals surface area (Å²) in [5.74, 6) is -3.13. The maximum Gasteiger partial charge on any atom is 0.471 e. The zero-order chi connectivity index (χ0) is 14.4. The molecule has 0 unspecified atom stereocenters. The standard InChI is InChI=1S/C9H7BrF3N3O3/c10-6-5(7(17)18)14-4-3-15(1-2-16(4)6)8(19)9(11,12)13/h1-3H2,(H,17,18). The molecule has 0 aromatic carbocycles. The van der Waals surface area contributed by atoms with E-state index in [1.807, 2.05) is 0 Å². The molecule has 1 aromatic rings. The molecule has 0 fully saturated rings. The van der Waals surface area contributed by atoms with E-state index >= 15 is 0 Å². The van der Waals surface area contributed by atoms with Crippen molar-refractivity contribution < 1.29 is 27.9 Å². The molecule has 2 rings (SSSR count). The Labute approximate surface area is 112 Å². The summed E-state index contributed by atoms with van der Waals surface area (Å²) in [7, 11) is 0. The van der Waals surface area contributed by atoms with Crippen LogP contribution in [0.2, 0.25) is 0 Å². The van der Waals surface area contributed by atoms with Gasteiger partial charge in [0.15, 0.2) is 5.69 Å². The van der Waals surface area contributed by atoms with Gasteiger partial charge in [-0.2, -0.15) is 13.2 Å². The lowest BCUT2D eigenvalue weighted by Crippen LogP contribution is -2.45. The Morgan fingerprint density at radius 2 is 1.95 bits per heavy atom. The van der Waals surface area contributed by atoms with Gasteiger partial charge in [-0.15, -0.1) is 0 Å². The van der Waals surface area contributed by atoms with E-state index in [0.29, 0.717) is 4.90 Å². The number of fused-ring (bicyclic) bond motifs is 1. The van der Waals surface area contributed by atoms with Gasteiger partial charge in [0.1, 0.15) is 10.4 Å². The molecule has 0 bridgehead atoms. The van der Waals surface area contributed by atoms with Gasteiger partial charge in [-0.25, -0.2) is 9.78 Å². The van der Waals surface area contributed by atoms with Gasteiger partial charge < -0.3 is 14.6 Å². The van der Waals surface area contributed by atoms with Crippen LogP contribution in [-0.4, -0.2) is 44.2 Å². The second-order valence-corrected chi connectivity index (χ2v) is 4.60. The Balaban J connectivity index is 2.28. The molecule has 10 heteroatoms. The van der Waals surface area contributed by atoms with Crippen molar-refractivity contribution in [2.45, 2.75) is 19.3 Å². The first-order valence-electron chi connectivity index (χ1n) is 5.06. The number of carbonyl (C=O) groups is 2. The van der Waals surface area contributed by atoms with Gasteiger partial charge >= 0.3 is 18.1 Å². The molecule has 1 amide bonds. The lowest BCUT2D eigenvalue weighted by atomic mass is 10.3. The topological polar surface area (TPSA) is 75.4 Å². The average Bonchev–Trinajstić information content (AvgIpc) is 2.64. The van der Waals surface area contributed by atoms with E-state index in [1.54, 1.807) is 0 Å². The van der Waals surface area contributed by atoms with Crippen molar-refractivity contribution in [2.75, 3.05) is 6.54 Å². The Bertz CT molecular complexity index is 555. The molecule has 0 saturated heterocycles. The molecular formula is C9H7BrF3N3O3. The summed E-state index contributed by atoms with van der Waals surface area (Å²) < 4.78 is 38.5. The van der Waals surface area contributed by atoms with Crippen molar-refractivity contribution in [1.29, 1.82) is 0 Å². The lowest BCUT2D eigenvalue weighted by molar-refractivity contribution is -0.187. The fourth-order valence-electron chi connectivity index (χ4n) is 1.78. The van der Waals surface area contributed by atoms with Crippen LogP contribution in [0.1, 0.15) is 16.3 Å². The van der Waals surface area contributed by atoms with Gasteiger partial charge in [0.25, 0.3) is 0 Å². The third-order valence-electron chi connectivity index (χ3n) is 2.64. The molecule has 2 heterocycles. The summed E-state index contributed by atoms with van der Waals surface area (Å²) in [6.07, 6.45) is -4.94. The van der Waals surface area contributed by atoms with E-state index in [4.69, 9.17) is 5.11 Å². The fraction of sp³-hybridized carbons (Fsp3) is 0.444. The van der Waals surface area contributed by atoms with E-state index in [1.165, 1.54) is 4.57 Å². The number of carboxylic acids is 1. The molecule has 1 N–H and O–H groups in total. The first-order chi connectivity index (χ1) is 8.71. The molecule has 0 spiro atoms. The van der Waals surface area contributed by atoms with Crippen molar-refractivity contribution >= 4 is 27.8 Å². The molecule has 1 aliphatic heterocycles. The maximum absolute atomic E-state index is 12.3. The number of aromatic carboxylic acids is 1. The number of amides is 1. The number of hydrogen-bond donors (Lipinski definition) is 1. The van der Waals surface area contributed by atoms with E-state index in [0.717, 1.165) is 0 Å². The third-order valence-corrected chi connectivity index (χ3v) is 3.45. The number of nitrogens with zero attached hydrogens (tertiary/aromatic N) is 3. The SMILES string of the molecule is O=C(O)c1nc2n(c1Br)CCN(C(=O)C(F)(F)F)C2. The summed E-state index contributed by atoms with van der Waals surface area (Å²) in [5, 5.41) is 8.85. The van der Waals surface area contributed by atoms with Crippen molar-refractivity contribution in [3.63, 3.8) is 0 Å². The Kier molecular flexibility index (Phi) is 3.29. The van der Waals surface area contributed by atoms with Gasteiger partial charge in [0.2, 0.25) is 0 Å². The number of carboxylic acid groups (broad SMARTS) is 1. The highest BCUT2D eigenvalue weighted by Crippen LogP contribution is 2.26. The number of rotatable bonds is 1. The van der Waals surface area contributed by atoms with Crippen LogP contribution in [0.3, 0.4) is 0 Å². The van der Waals surface area contributed by atoms with Crippen molar-refractivity contribution in [2.24, 2.45) is 0 Å². The zero-order valence-electron chi connectivity index (χ0n) is 9.24. The summed E-state index contributed by atoms with van der Waals surface area (Å²) >= 11 is 3.03. The van der Waals surface area contributed by atoms with Crippen LogP contribution in [0.4, 0.5) is 13.2 Å². The van der Waals surface area contributed by atoms with Crippen molar-refractivity contribution in [3.8, 4) is 0 Å². The van der Waals surface area contributed by atoms with Crippen LogP contribution in [-0.2, 0) is 17.9 Å². The second-order valence-electron chi connectivity index (χ2n) is 3.85. The first-order valence-corrected chi connectivity index (χ1v) is 5.85. The molecular weight excluding hydrogens is 335 g/mol. The quantitative estimate of drug-likeness (QED) is 0.834. The molecule has 6 nitrogen and oxygen atoms in total. The van der Waals surface area contributed by atoms with Gasteiger partial charge in [0, 0.05) is 13.1 Å². The Morgan fingerprint density at radius 3 is 2.47 bits per heavy atom. The first kappa shape index (κ1) is 13.8. The highest BCUT2D eigenvalue weighted by Gasteiger charge is 2.43. The molecule has 0 radical (unpaired) electrons. The summed E-state index contributed by atoms with van der Waals surface area (Å²) in [6.45, 7) is -0.471. The second kappa shape index (κ2) is 4.51. The van der Waals surface area contributed by atoms with Gasteiger partial charge in [0.05, 0.1) is 6.54 Å². The van der Waals surface area contributed by atoms with Crippen LogP contribution in [0.15, 0.2) is 4.60 Å². The smallest absolute Gasteiger partial charge is 0.471 e. The normalized spacial score (nSPS) is 15.3. The van der Waals surface area contributed by atoms with Crippen molar-refractivity contribution in [1.82, 2.24) is 14.5 Å². The van der Waals surface area contributed by atoms with Crippen LogP contribution in [0.25, 0.3) is 0 Å². The molecule has 104 valence electrons. The van der Waals surface area contributed by atoms with E-state index in [9.17, 15) is 22.8 Å². The summed E-state index contributed by atoms with van der Waals surface area (Å²) in [6, 6.07) is 0. The minimum absolute atomic E-state index is 0.0536. The van der Waals surface area contributed by atoms with Crippen molar-refractivity contribution in [3.05, 3.63) is 16.1 Å². The highest BCUT2D eigenvalue weighted by molar-refractivity contribution is 9.10. The number of halogens is 4. The third kappa shape index (κ3) is 2.44. The van der Waals surface area contributed by atoms with Gasteiger partial charge in [-0.05, 0) is 15.9 Å². The minimum Gasteiger partial charge on any atom is -0.476 e. The minimum atomic E-state index is -4.94. The van der Waals surface area contributed by atoms with Gasteiger partial charge in [-0.1, -0.05) is 0 Å². The number of aromatic nitrogens is 2. The molecule has 0 saturated carbocycles. The summed E-state index contributed by atoms with van der Waals surface area (Å²) in [4.78, 5) is 26.3. The zero-order valence-corrected chi connectivity index (χ0v) is 10.8. The monoisotopic (exact) mass is 341 g/mol. The molecule has 1 aromatic heterocycles. The largest absolute Gasteiger partial charge is 0.476 e. The Morgan fingerprint density at radius 1 is 1.32 bits per heavy atom. The number of imidazole rings is 1. The fourth-order valence-corrected chi connectivity index (χ4v) is 2.42. The van der Waals surface area contributed by atoms with E-state index in [2.05, 4.69) is 20.9 Å². The number of hydrogen-bond acceptors (Lipinski definition) is 3. The molecule has 1 aliphatic rings. The molecule has 0 atom stereocenters.